The Morgan fingerprint density at radius 2 is 1.75 bits per heavy atom. The minimum Gasteiger partial charge on any atom is -0.497 e. The fraction of sp³-hybridized carbons (Fsp3) is 0.150. The van der Waals surface area contributed by atoms with Crippen molar-refractivity contribution in [2.75, 3.05) is 7.11 Å². The molecule has 1 amide bonds. The topological polar surface area (TPSA) is 73.2 Å². The molecule has 0 saturated carbocycles. The van der Waals surface area contributed by atoms with E-state index in [1.165, 1.54) is 12.1 Å². The second-order valence-electron chi connectivity index (χ2n) is 5.92. The number of carbonyl (C=O) groups excluding carboxylic acids is 1. The van der Waals surface area contributed by atoms with Crippen molar-refractivity contribution in [1.29, 1.82) is 0 Å². The summed E-state index contributed by atoms with van der Waals surface area (Å²) in [6, 6.07) is 13.4. The molecule has 0 fully saturated rings. The second-order valence-corrected chi connectivity index (χ2v) is 5.92. The van der Waals surface area contributed by atoms with Crippen LogP contribution in [0.5, 0.6) is 5.75 Å². The first-order chi connectivity index (χ1) is 13.5. The van der Waals surface area contributed by atoms with Crippen LogP contribution in [0.15, 0.2) is 59.4 Å². The zero-order valence-corrected chi connectivity index (χ0v) is 15.0. The lowest BCUT2D eigenvalue weighted by atomic mass is 10.1. The Bertz CT molecular complexity index is 1030. The van der Waals surface area contributed by atoms with Crippen LogP contribution in [-0.2, 0) is 17.9 Å². The van der Waals surface area contributed by atoms with Gasteiger partial charge in [0.05, 0.1) is 12.8 Å². The Labute approximate surface area is 159 Å². The van der Waals surface area contributed by atoms with Crippen LogP contribution >= 0.6 is 0 Å². The van der Waals surface area contributed by atoms with Crippen LogP contribution < -0.4 is 15.6 Å². The number of hydrogen-bond donors (Lipinski definition) is 1. The van der Waals surface area contributed by atoms with Gasteiger partial charge in [0, 0.05) is 23.7 Å². The van der Waals surface area contributed by atoms with Gasteiger partial charge in [-0.1, -0.05) is 6.07 Å². The maximum atomic E-state index is 13.6. The van der Waals surface area contributed by atoms with Gasteiger partial charge in [-0.2, -0.15) is 5.10 Å². The van der Waals surface area contributed by atoms with E-state index in [0.29, 0.717) is 11.4 Å². The number of nitrogens with one attached hydrogen (secondary N) is 1. The molecule has 0 aliphatic heterocycles. The third-order valence-electron chi connectivity index (χ3n) is 4.07. The van der Waals surface area contributed by atoms with Crippen molar-refractivity contribution in [2.45, 2.75) is 13.1 Å². The number of halogens is 2. The Balaban J connectivity index is 1.72. The second kappa shape index (κ2) is 8.43. The summed E-state index contributed by atoms with van der Waals surface area (Å²) in [4.78, 5) is 24.1. The van der Waals surface area contributed by atoms with Gasteiger partial charge in [-0.25, -0.2) is 13.5 Å². The lowest BCUT2D eigenvalue weighted by molar-refractivity contribution is -0.122. The highest BCUT2D eigenvalue weighted by Gasteiger charge is 2.12. The lowest BCUT2D eigenvalue weighted by Gasteiger charge is -2.09. The number of benzene rings is 2. The van der Waals surface area contributed by atoms with Gasteiger partial charge in [0.25, 0.3) is 5.56 Å². The Kier molecular flexibility index (Phi) is 5.78. The molecule has 1 N–H and O–H groups in total. The molecule has 144 valence electrons. The zero-order valence-electron chi connectivity index (χ0n) is 15.0. The van der Waals surface area contributed by atoms with Gasteiger partial charge in [-0.3, -0.25) is 9.59 Å². The van der Waals surface area contributed by atoms with Crippen LogP contribution in [0.1, 0.15) is 5.56 Å². The molecular formula is C20H17F2N3O3. The fourth-order valence-electron chi connectivity index (χ4n) is 2.56. The predicted molar refractivity (Wildman–Crippen MR) is 98.7 cm³/mol. The largest absolute Gasteiger partial charge is 0.497 e. The summed E-state index contributed by atoms with van der Waals surface area (Å²) in [5, 5.41) is 6.58. The molecule has 0 bridgehead atoms. The number of aromatic nitrogens is 2. The number of nitrogens with zero attached hydrogens (tertiary/aromatic N) is 2. The molecule has 3 rings (SSSR count). The van der Waals surface area contributed by atoms with Crippen LogP contribution in [-0.4, -0.2) is 22.8 Å². The molecule has 6 nitrogen and oxygen atoms in total. The first kappa shape index (κ1) is 19.2. The number of hydrogen-bond acceptors (Lipinski definition) is 4. The average molecular weight is 385 g/mol. The molecule has 0 aliphatic carbocycles. The van der Waals surface area contributed by atoms with Gasteiger partial charge < -0.3 is 10.1 Å². The van der Waals surface area contributed by atoms with E-state index in [9.17, 15) is 18.4 Å². The van der Waals surface area contributed by atoms with Gasteiger partial charge in [0.1, 0.15) is 23.9 Å². The summed E-state index contributed by atoms with van der Waals surface area (Å²) in [5.41, 5.74) is 0.520. The third kappa shape index (κ3) is 4.40. The summed E-state index contributed by atoms with van der Waals surface area (Å²) < 4.78 is 33.3. The SMILES string of the molecule is COc1ccc(-c2ccc(=O)n(CC(=O)NCc3c(F)cccc3F)n2)cc1. The number of rotatable bonds is 6. The van der Waals surface area contributed by atoms with E-state index in [4.69, 9.17) is 4.74 Å². The minimum atomic E-state index is -0.753. The van der Waals surface area contributed by atoms with E-state index < -0.39 is 23.1 Å². The van der Waals surface area contributed by atoms with Crippen molar-refractivity contribution < 1.29 is 18.3 Å². The van der Waals surface area contributed by atoms with Gasteiger partial charge in [-0.05, 0) is 42.5 Å². The first-order valence-corrected chi connectivity index (χ1v) is 8.40. The normalized spacial score (nSPS) is 10.5. The van der Waals surface area contributed by atoms with Gasteiger partial charge in [0.2, 0.25) is 5.91 Å². The Morgan fingerprint density at radius 3 is 2.39 bits per heavy atom. The molecule has 0 radical (unpaired) electrons. The fourth-order valence-corrected chi connectivity index (χ4v) is 2.56. The first-order valence-electron chi connectivity index (χ1n) is 8.40. The van der Waals surface area contributed by atoms with Crippen LogP contribution in [0.4, 0.5) is 8.78 Å². The highest BCUT2D eigenvalue weighted by molar-refractivity contribution is 5.75. The Hall–Kier alpha value is -3.55. The number of ether oxygens (including phenoxy) is 1. The molecule has 0 unspecified atom stereocenters. The van der Waals surface area contributed by atoms with Gasteiger partial charge in [0.15, 0.2) is 0 Å². The summed E-state index contributed by atoms with van der Waals surface area (Å²) in [6.45, 7) is -0.705. The van der Waals surface area contributed by atoms with Gasteiger partial charge in [-0.15, -0.1) is 0 Å². The third-order valence-corrected chi connectivity index (χ3v) is 4.07. The average Bonchev–Trinajstić information content (AvgIpc) is 2.69. The summed E-state index contributed by atoms with van der Waals surface area (Å²) in [7, 11) is 1.55. The molecule has 0 saturated heterocycles. The highest BCUT2D eigenvalue weighted by atomic mass is 19.1. The van der Waals surface area contributed by atoms with E-state index >= 15 is 0 Å². The van der Waals surface area contributed by atoms with E-state index in [1.807, 2.05) is 0 Å². The van der Waals surface area contributed by atoms with Crippen LogP contribution in [0.2, 0.25) is 0 Å². The number of methoxy groups -OCH3 is 1. The lowest BCUT2D eigenvalue weighted by Crippen LogP contribution is -2.33. The van der Waals surface area contributed by atoms with Gasteiger partial charge >= 0.3 is 0 Å². The zero-order chi connectivity index (χ0) is 20.1. The van der Waals surface area contributed by atoms with E-state index in [2.05, 4.69) is 10.4 Å². The van der Waals surface area contributed by atoms with Crippen molar-refractivity contribution in [3.05, 3.63) is 82.1 Å². The summed E-state index contributed by atoms with van der Waals surface area (Å²) in [6.07, 6.45) is 0. The quantitative estimate of drug-likeness (QED) is 0.708. The molecule has 3 aromatic rings. The van der Waals surface area contributed by atoms with Crippen molar-refractivity contribution in [1.82, 2.24) is 15.1 Å². The molecule has 28 heavy (non-hydrogen) atoms. The molecule has 1 heterocycles. The molecule has 0 atom stereocenters. The molecule has 1 aromatic heterocycles. The van der Waals surface area contributed by atoms with E-state index in [1.54, 1.807) is 37.4 Å². The Morgan fingerprint density at radius 1 is 1.07 bits per heavy atom. The standard InChI is InChI=1S/C20H17F2N3O3/c1-28-14-7-5-13(6-8-14)18-9-10-20(27)25(24-18)12-19(26)23-11-15-16(21)3-2-4-17(15)22/h2-10H,11-12H2,1H3,(H,23,26). The molecule has 0 spiro atoms. The maximum absolute atomic E-state index is 13.6. The minimum absolute atomic E-state index is 0.247. The van der Waals surface area contributed by atoms with Crippen LogP contribution in [0.3, 0.4) is 0 Å². The van der Waals surface area contributed by atoms with Crippen LogP contribution in [0, 0.1) is 11.6 Å². The number of amides is 1. The van der Waals surface area contributed by atoms with E-state index in [-0.39, 0.29) is 18.7 Å². The molecular weight excluding hydrogens is 368 g/mol. The maximum Gasteiger partial charge on any atom is 0.267 e. The molecule has 2 aromatic carbocycles. The van der Waals surface area contributed by atoms with Crippen LogP contribution in [0.25, 0.3) is 11.3 Å². The summed E-state index contributed by atoms with van der Waals surface area (Å²) >= 11 is 0. The predicted octanol–water partition coefficient (Wildman–Crippen LogP) is 2.51. The smallest absolute Gasteiger partial charge is 0.267 e. The van der Waals surface area contributed by atoms with E-state index in [0.717, 1.165) is 22.4 Å². The van der Waals surface area contributed by atoms with Crippen molar-refractivity contribution in [3.63, 3.8) is 0 Å². The number of carbonyl (C=O) groups is 1. The molecule has 0 aliphatic rings. The highest BCUT2D eigenvalue weighted by Crippen LogP contribution is 2.19. The van der Waals surface area contributed by atoms with Crippen molar-refractivity contribution in [2.24, 2.45) is 0 Å². The van der Waals surface area contributed by atoms with Crippen molar-refractivity contribution in [3.8, 4) is 17.0 Å². The monoisotopic (exact) mass is 385 g/mol. The summed E-state index contributed by atoms with van der Waals surface area (Å²) in [5.74, 6) is -1.42. The van der Waals surface area contributed by atoms with Crippen molar-refractivity contribution >= 4 is 5.91 Å². The molecule has 8 heteroatoms.